The van der Waals surface area contributed by atoms with Crippen LogP contribution in [-0.4, -0.2) is 41.8 Å². The first kappa shape index (κ1) is 20.7. The average Bonchev–Trinajstić information content (AvgIpc) is 3.08. The number of likely N-dealkylation sites (tertiary alicyclic amines) is 1. The van der Waals surface area contributed by atoms with Crippen LogP contribution in [0.25, 0.3) is 0 Å². The van der Waals surface area contributed by atoms with E-state index in [1.54, 1.807) is 42.5 Å². The smallest absolute Gasteiger partial charge is 0.266 e. The Hall–Kier alpha value is -3.15. The van der Waals surface area contributed by atoms with Crippen LogP contribution in [0.3, 0.4) is 0 Å². The van der Waals surface area contributed by atoms with E-state index in [0.717, 1.165) is 19.4 Å². The van der Waals surface area contributed by atoms with Crippen LogP contribution in [0, 0.1) is 5.92 Å². The van der Waals surface area contributed by atoms with Gasteiger partial charge in [-0.3, -0.25) is 14.4 Å². The van der Waals surface area contributed by atoms with Crippen molar-refractivity contribution in [3.8, 4) is 5.75 Å². The predicted octanol–water partition coefficient (Wildman–Crippen LogP) is 4.68. The molecule has 2 aromatic rings. The van der Waals surface area contributed by atoms with E-state index in [1.165, 1.54) is 30.6 Å². The van der Waals surface area contributed by atoms with E-state index < -0.39 is 5.91 Å². The molecule has 2 aliphatic heterocycles. The maximum Gasteiger partial charge on any atom is 0.266 e. The van der Waals surface area contributed by atoms with E-state index in [1.807, 2.05) is 11.8 Å². The lowest BCUT2D eigenvalue weighted by Gasteiger charge is -2.44. The van der Waals surface area contributed by atoms with Crippen molar-refractivity contribution in [3.63, 3.8) is 0 Å². The number of carbonyl (C=O) groups excluding carboxylic acids is 3. The highest BCUT2D eigenvalue weighted by Gasteiger charge is 2.39. The number of hydrogen-bond donors (Lipinski definition) is 0. The normalized spacial score (nSPS) is 22.5. The van der Waals surface area contributed by atoms with Crippen LogP contribution in [0.4, 0.5) is 5.69 Å². The predicted molar refractivity (Wildman–Crippen MR) is 121 cm³/mol. The molecule has 0 N–H and O–H groups in total. The zero-order valence-electron chi connectivity index (χ0n) is 18.4. The summed E-state index contributed by atoms with van der Waals surface area (Å²) in [5, 5.41) is 0. The minimum atomic E-state index is -0.391. The van der Waals surface area contributed by atoms with Crippen LogP contribution in [0.2, 0.25) is 0 Å². The third-order valence-electron chi connectivity index (χ3n) is 7.04. The molecule has 166 valence electrons. The molecule has 1 aliphatic carbocycles. The van der Waals surface area contributed by atoms with Gasteiger partial charge >= 0.3 is 0 Å². The number of anilines is 1. The van der Waals surface area contributed by atoms with Crippen LogP contribution >= 0.6 is 0 Å². The topological polar surface area (TPSA) is 66.9 Å². The highest BCUT2D eigenvalue weighted by atomic mass is 16.5. The zero-order chi connectivity index (χ0) is 22.2. The number of hydrogen-bond acceptors (Lipinski definition) is 4. The van der Waals surface area contributed by atoms with Gasteiger partial charge in [0.2, 0.25) is 0 Å². The lowest BCUT2D eigenvalue weighted by atomic mass is 9.78. The van der Waals surface area contributed by atoms with Crippen molar-refractivity contribution in [1.82, 2.24) is 4.90 Å². The van der Waals surface area contributed by atoms with Crippen LogP contribution in [0.15, 0.2) is 42.5 Å². The Morgan fingerprint density at radius 1 is 0.938 bits per heavy atom. The minimum Gasteiger partial charge on any atom is -0.494 e. The molecule has 1 saturated carbocycles. The van der Waals surface area contributed by atoms with Crippen molar-refractivity contribution in [2.75, 3.05) is 18.1 Å². The molecular formula is C26H28N2O4. The molecule has 0 bridgehead atoms. The van der Waals surface area contributed by atoms with E-state index in [4.69, 9.17) is 4.74 Å². The quantitative estimate of drug-likeness (QED) is 0.658. The number of imide groups is 1. The van der Waals surface area contributed by atoms with E-state index in [9.17, 15) is 14.4 Å². The van der Waals surface area contributed by atoms with Crippen molar-refractivity contribution in [1.29, 1.82) is 0 Å². The second-order valence-corrected chi connectivity index (χ2v) is 8.89. The summed E-state index contributed by atoms with van der Waals surface area (Å²) in [7, 11) is 0. The van der Waals surface area contributed by atoms with Crippen molar-refractivity contribution >= 4 is 23.4 Å². The second-order valence-electron chi connectivity index (χ2n) is 8.89. The van der Waals surface area contributed by atoms with Gasteiger partial charge < -0.3 is 9.64 Å². The molecule has 0 radical (unpaired) electrons. The highest BCUT2D eigenvalue weighted by molar-refractivity contribution is 6.34. The minimum absolute atomic E-state index is 0.0239. The first-order valence-corrected chi connectivity index (χ1v) is 11.6. The Labute approximate surface area is 188 Å². The van der Waals surface area contributed by atoms with Crippen LogP contribution in [0.5, 0.6) is 5.75 Å². The lowest BCUT2D eigenvalue weighted by Crippen LogP contribution is -2.49. The molecule has 6 nitrogen and oxygen atoms in total. The average molecular weight is 433 g/mol. The first-order valence-electron chi connectivity index (χ1n) is 11.6. The molecule has 2 heterocycles. The summed E-state index contributed by atoms with van der Waals surface area (Å²) >= 11 is 0. The van der Waals surface area contributed by atoms with Gasteiger partial charge in [0.05, 0.1) is 23.4 Å². The Morgan fingerprint density at radius 2 is 1.66 bits per heavy atom. The van der Waals surface area contributed by atoms with Gasteiger partial charge in [-0.1, -0.05) is 12.8 Å². The van der Waals surface area contributed by atoms with Crippen LogP contribution in [-0.2, 0) is 0 Å². The van der Waals surface area contributed by atoms with E-state index in [0.29, 0.717) is 46.7 Å². The molecule has 1 saturated heterocycles. The molecule has 2 fully saturated rings. The van der Waals surface area contributed by atoms with Gasteiger partial charge in [0.25, 0.3) is 17.7 Å². The zero-order valence-corrected chi connectivity index (χ0v) is 18.4. The fraction of sp³-hybridized carbons (Fsp3) is 0.423. The van der Waals surface area contributed by atoms with Gasteiger partial charge in [0.1, 0.15) is 5.75 Å². The van der Waals surface area contributed by atoms with Crippen LogP contribution in [0.1, 0.15) is 76.5 Å². The molecule has 3 aliphatic rings. The first-order chi connectivity index (χ1) is 15.6. The van der Waals surface area contributed by atoms with E-state index >= 15 is 0 Å². The number of amides is 3. The number of carbonyl (C=O) groups is 3. The number of ether oxygens (including phenoxy) is 1. The van der Waals surface area contributed by atoms with Crippen LogP contribution < -0.4 is 9.64 Å². The largest absolute Gasteiger partial charge is 0.494 e. The standard InChI is InChI=1S/C26H28N2O4/c1-2-32-20-12-10-19(11-13-20)28-25(30)21-14-9-18(16-22(21)26(28)31)24(29)27-15-5-7-17-6-3-4-8-23(17)27/h9-14,16-17,23H,2-8,15H2,1H3. The van der Waals surface area contributed by atoms with Crippen molar-refractivity contribution in [3.05, 3.63) is 59.2 Å². The summed E-state index contributed by atoms with van der Waals surface area (Å²) in [6.07, 6.45) is 6.90. The van der Waals surface area contributed by atoms with Gasteiger partial charge in [-0.2, -0.15) is 0 Å². The molecular weight excluding hydrogens is 404 g/mol. The maximum absolute atomic E-state index is 13.4. The summed E-state index contributed by atoms with van der Waals surface area (Å²) in [4.78, 5) is 42.7. The number of nitrogens with zero attached hydrogens (tertiary/aromatic N) is 2. The van der Waals surface area contributed by atoms with Crippen molar-refractivity contribution in [2.24, 2.45) is 5.92 Å². The fourth-order valence-electron chi connectivity index (χ4n) is 5.51. The monoisotopic (exact) mass is 432 g/mol. The summed E-state index contributed by atoms with van der Waals surface area (Å²) in [5.41, 5.74) is 1.62. The molecule has 2 aromatic carbocycles. The third kappa shape index (κ3) is 3.48. The SMILES string of the molecule is CCOc1ccc(N2C(=O)c3ccc(C(=O)N4CCCC5CCCCC54)cc3C2=O)cc1. The fourth-order valence-corrected chi connectivity index (χ4v) is 5.51. The van der Waals surface area contributed by atoms with Gasteiger partial charge in [-0.15, -0.1) is 0 Å². The molecule has 2 unspecified atom stereocenters. The Balaban J connectivity index is 1.40. The summed E-state index contributed by atoms with van der Waals surface area (Å²) in [6.45, 7) is 3.21. The number of rotatable bonds is 4. The molecule has 2 atom stereocenters. The third-order valence-corrected chi connectivity index (χ3v) is 7.04. The molecule has 0 spiro atoms. The number of piperidine rings is 1. The number of fused-ring (bicyclic) bond motifs is 2. The van der Waals surface area contributed by atoms with Gasteiger partial charge in [-0.05, 0) is 81.0 Å². The Morgan fingerprint density at radius 3 is 2.44 bits per heavy atom. The summed E-state index contributed by atoms with van der Waals surface area (Å²) in [5.74, 6) is 0.498. The lowest BCUT2D eigenvalue weighted by molar-refractivity contribution is 0.0390. The van der Waals surface area contributed by atoms with Gasteiger partial charge in [0, 0.05) is 18.2 Å². The van der Waals surface area contributed by atoms with Crippen molar-refractivity contribution < 1.29 is 19.1 Å². The maximum atomic E-state index is 13.4. The Bertz CT molecular complexity index is 1060. The second kappa shape index (κ2) is 8.41. The molecule has 5 rings (SSSR count). The van der Waals surface area contributed by atoms with E-state index in [2.05, 4.69) is 0 Å². The Kier molecular flexibility index (Phi) is 5.45. The number of benzene rings is 2. The summed E-state index contributed by atoms with van der Waals surface area (Å²) < 4.78 is 5.45. The van der Waals surface area contributed by atoms with Crippen molar-refractivity contribution in [2.45, 2.75) is 51.5 Å². The molecule has 6 heteroatoms. The summed E-state index contributed by atoms with van der Waals surface area (Å²) in [6, 6.07) is 12.1. The highest BCUT2D eigenvalue weighted by Crippen LogP contribution is 2.36. The molecule has 0 aromatic heterocycles. The van der Waals surface area contributed by atoms with Gasteiger partial charge in [-0.25, -0.2) is 4.90 Å². The van der Waals surface area contributed by atoms with Gasteiger partial charge in [0.15, 0.2) is 0 Å². The molecule has 3 amide bonds. The van der Waals surface area contributed by atoms with E-state index in [-0.39, 0.29) is 11.8 Å². The molecule has 32 heavy (non-hydrogen) atoms.